The molecule has 0 aliphatic rings. The van der Waals surface area contributed by atoms with Crippen LogP contribution in [0.2, 0.25) is 0 Å². The molecule has 0 amide bonds. The fourth-order valence-corrected chi connectivity index (χ4v) is 0.393. The highest BCUT2D eigenvalue weighted by Gasteiger charge is 2.07. The average molecular weight is 154 g/mol. The van der Waals surface area contributed by atoms with Crippen molar-refractivity contribution in [3.8, 4) is 0 Å². The van der Waals surface area contributed by atoms with Crippen LogP contribution in [0.5, 0.6) is 0 Å². The largest absolute Gasteiger partial charge is 0.481 e. The number of halogens is 1. The number of nitrogens with one attached hydrogen (secondary N) is 1. The lowest BCUT2D eigenvalue weighted by atomic mass is 10.2. The standard InChI is InChI=1S/C5H11NO2.ClH/c1-4(3-6-2)5(7)8;/h4,6H,3H2,1-2H3,(H,7,8);1H/t4-;/m1./s1. The molecule has 0 aromatic rings. The van der Waals surface area contributed by atoms with Crippen LogP contribution in [-0.4, -0.2) is 24.7 Å². The Morgan fingerprint density at radius 1 is 1.78 bits per heavy atom. The fourth-order valence-electron chi connectivity index (χ4n) is 0.393. The third kappa shape index (κ3) is 5.59. The first-order valence-electron chi connectivity index (χ1n) is 2.56. The van der Waals surface area contributed by atoms with Crippen molar-refractivity contribution >= 4 is 18.4 Å². The second-order valence-corrected chi connectivity index (χ2v) is 1.80. The summed E-state index contributed by atoms with van der Waals surface area (Å²) in [5.74, 6) is -1.03. The van der Waals surface area contributed by atoms with Gasteiger partial charge in [0.2, 0.25) is 0 Å². The molecule has 0 heterocycles. The van der Waals surface area contributed by atoms with E-state index in [2.05, 4.69) is 5.32 Å². The number of carboxylic acids is 1. The summed E-state index contributed by atoms with van der Waals surface area (Å²) in [6.07, 6.45) is 0. The van der Waals surface area contributed by atoms with E-state index in [1.54, 1.807) is 14.0 Å². The molecule has 0 rings (SSSR count). The van der Waals surface area contributed by atoms with Crippen LogP contribution < -0.4 is 5.32 Å². The molecule has 0 fully saturated rings. The highest BCUT2D eigenvalue weighted by Crippen LogP contribution is 1.89. The van der Waals surface area contributed by atoms with Crippen molar-refractivity contribution in [2.45, 2.75) is 6.92 Å². The Morgan fingerprint density at radius 2 is 2.22 bits per heavy atom. The molecular formula is C5H12ClNO2. The van der Waals surface area contributed by atoms with Crippen molar-refractivity contribution in [2.24, 2.45) is 5.92 Å². The second-order valence-electron chi connectivity index (χ2n) is 1.80. The molecule has 0 saturated carbocycles. The molecule has 2 N–H and O–H groups in total. The third-order valence-electron chi connectivity index (χ3n) is 0.932. The number of carboxylic acid groups (broad SMARTS) is 1. The Balaban J connectivity index is 0. The maximum Gasteiger partial charge on any atom is 0.307 e. The van der Waals surface area contributed by atoms with Gasteiger partial charge in [0.15, 0.2) is 0 Å². The van der Waals surface area contributed by atoms with Gasteiger partial charge < -0.3 is 10.4 Å². The van der Waals surface area contributed by atoms with Gasteiger partial charge in [0.25, 0.3) is 0 Å². The molecule has 0 bridgehead atoms. The summed E-state index contributed by atoms with van der Waals surface area (Å²) in [5.41, 5.74) is 0. The van der Waals surface area contributed by atoms with Gasteiger partial charge in [-0.15, -0.1) is 12.4 Å². The zero-order valence-corrected chi connectivity index (χ0v) is 6.36. The molecule has 0 saturated heterocycles. The lowest BCUT2D eigenvalue weighted by Gasteiger charge is -2.01. The van der Waals surface area contributed by atoms with Crippen molar-refractivity contribution < 1.29 is 9.90 Å². The zero-order chi connectivity index (χ0) is 6.57. The molecule has 4 heteroatoms. The molecule has 56 valence electrons. The Morgan fingerprint density at radius 3 is 2.33 bits per heavy atom. The van der Waals surface area contributed by atoms with Crippen LogP contribution in [0.15, 0.2) is 0 Å². The van der Waals surface area contributed by atoms with Crippen molar-refractivity contribution in [3.05, 3.63) is 0 Å². The predicted octanol–water partition coefficient (Wildman–Crippen LogP) is 0.348. The number of hydrogen-bond acceptors (Lipinski definition) is 2. The number of hydrogen-bond donors (Lipinski definition) is 2. The van der Waals surface area contributed by atoms with Crippen LogP contribution in [0.3, 0.4) is 0 Å². The minimum Gasteiger partial charge on any atom is -0.481 e. The van der Waals surface area contributed by atoms with Crippen LogP contribution in [-0.2, 0) is 4.79 Å². The number of rotatable bonds is 3. The quantitative estimate of drug-likeness (QED) is 0.615. The highest BCUT2D eigenvalue weighted by molar-refractivity contribution is 5.85. The molecule has 0 spiro atoms. The van der Waals surface area contributed by atoms with E-state index in [4.69, 9.17) is 5.11 Å². The van der Waals surface area contributed by atoms with Crippen LogP contribution in [0.4, 0.5) is 0 Å². The van der Waals surface area contributed by atoms with Gasteiger partial charge in [-0.1, -0.05) is 6.92 Å². The summed E-state index contributed by atoms with van der Waals surface area (Å²) < 4.78 is 0. The molecule has 0 aliphatic heterocycles. The molecule has 0 aromatic carbocycles. The van der Waals surface area contributed by atoms with Gasteiger partial charge in [-0.05, 0) is 7.05 Å². The molecule has 0 aliphatic carbocycles. The Labute approximate surface area is 60.9 Å². The first kappa shape index (κ1) is 11.5. The SMILES string of the molecule is CNC[C@@H](C)C(=O)O.Cl. The van der Waals surface area contributed by atoms with E-state index < -0.39 is 5.97 Å². The zero-order valence-electron chi connectivity index (χ0n) is 5.55. The topological polar surface area (TPSA) is 49.3 Å². The second kappa shape index (κ2) is 5.85. The van der Waals surface area contributed by atoms with E-state index in [-0.39, 0.29) is 18.3 Å². The fraction of sp³-hybridized carbons (Fsp3) is 0.800. The summed E-state index contributed by atoms with van der Waals surface area (Å²) in [6, 6.07) is 0. The van der Waals surface area contributed by atoms with E-state index in [0.717, 1.165) is 0 Å². The molecule has 3 nitrogen and oxygen atoms in total. The molecular weight excluding hydrogens is 142 g/mol. The minimum atomic E-state index is -0.751. The van der Waals surface area contributed by atoms with Gasteiger partial charge >= 0.3 is 5.97 Å². The van der Waals surface area contributed by atoms with Gasteiger partial charge in [0.05, 0.1) is 5.92 Å². The van der Waals surface area contributed by atoms with E-state index in [9.17, 15) is 4.79 Å². The summed E-state index contributed by atoms with van der Waals surface area (Å²) in [7, 11) is 1.74. The van der Waals surface area contributed by atoms with Gasteiger partial charge in [-0.2, -0.15) is 0 Å². The third-order valence-corrected chi connectivity index (χ3v) is 0.932. The number of aliphatic carboxylic acids is 1. The molecule has 0 radical (unpaired) electrons. The van der Waals surface area contributed by atoms with Crippen molar-refractivity contribution in [1.29, 1.82) is 0 Å². The smallest absolute Gasteiger partial charge is 0.307 e. The van der Waals surface area contributed by atoms with Crippen LogP contribution >= 0.6 is 12.4 Å². The van der Waals surface area contributed by atoms with Crippen molar-refractivity contribution in [3.63, 3.8) is 0 Å². The Bertz CT molecular complexity index is 87.0. The van der Waals surface area contributed by atoms with E-state index in [1.807, 2.05) is 0 Å². The molecule has 1 atom stereocenters. The summed E-state index contributed by atoms with van der Waals surface area (Å²) in [6.45, 7) is 2.20. The predicted molar refractivity (Wildman–Crippen MR) is 38.0 cm³/mol. The highest BCUT2D eigenvalue weighted by atomic mass is 35.5. The van der Waals surface area contributed by atoms with E-state index in [0.29, 0.717) is 6.54 Å². The first-order chi connectivity index (χ1) is 3.68. The summed E-state index contributed by atoms with van der Waals surface area (Å²) >= 11 is 0. The molecule has 0 unspecified atom stereocenters. The van der Waals surface area contributed by atoms with Crippen LogP contribution in [0, 0.1) is 5.92 Å². The van der Waals surface area contributed by atoms with Gasteiger partial charge in [-0.3, -0.25) is 4.79 Å². The van der Waals surface area contributed by atoms with Crippen LogP contribution in [0.25, 0.3) is 0 Å². The van der Waals surface area contributed by atoms with E-state index in [1.165, 1.54) is 0 Å². The summed E-state index contributed by atoms with van der Waals surface area (Å²) in [4.78, 5) is 10.0. The van der Waals surface area contributed by atoms with Crippen molar-refractivity contribution in [2.75, 3.05) is 13.6 Å². The molecule has 0 aromatic heterocycles. The number of carbonyl (C=O) groups is 1. The monoisotopic (exact) mass is 153 g/mol. The van der Waals surface area contributed by atoms with E-state index >= 15 is 0 Å². The lowest BCUT2D eigenvalue weighted by Crippen LogP contribution is -2.22. The first-order valence-corrected chi connectivity index (χ1v) is 2.56. The Kier molecular flexibility index (Phi) is 7.48. The summed E-state index contributed by atoms with van der Waals surface area (Å²) in [5, 5.41) is 11.0. The maximum absolute atomic E-state index is 10.0. The minimum absolute atomic E-state index is 0. The van der Waals surface area contributed by atoms with Crippen LogP contribution in [0.1, 0.15) is 6.92 Å². The normalized spacial score (nSPS) is 11.8. The van der Waals surface area contributed by atoms with Gasteiger partial charge in [0.1, 0.15) is 0 Å². The van der Waals surface area contributed by atoms with Gasteiger partial charge in [0, 0.05) is 6.54 Å². The lowest BCUT2D eigenvalue weighted by molar-refractivity contribution is -0.140. The average Bonchev–Trinajstić information content (AvgIpc) is 1.67. The van der Waals surface area contributed by atoms with Crippen molar-refractivity contribution in [1.82, 2.24) is 5.32 Å². The molecule has 9 heavy (non-hydrogen) atoms. The Hall–Kier alpha value is -0.280. The maximum atomic E-state index is 10.0. The van der Waals surface area contributed by atoms with Gasteiger partial charge in [-0.25, -0.2) is 0 Å².